The van der Waals surface area contributed by atoms with Crippen molar-refractivity contribution in [2.45, 2.75) is 124 Å². The molecule has 1 amide bonds. The molecule has 0 saturated heterocycles. The quantitative estimate of drug-likeness (QED) is 0.318. The predicted molar refractivity (Wildman–Crippen MR) is 145 cm³/mol. The Bertz CT molecular complexity index is 697. The van der Waals surface area contributed by atoms with E-state index in [0.717, 1.165) is 68.4 Å². The molecule has 0 radical (unpaired) electrons. The lowest BCUT2D eigenvalue weighted by atomic mass is 9.44. The van der Waals surface area contributed by atoms with E-state index in [1.54, 1.807) is 0 Å². The highest BCUT2D eigenvalue weighted by atomic mass is 16.5. The van der Waals surface area contributed by atoms with Crippen molar-refractivity contribution in [3.05, 3.63) is 0 Å². The van der Waals surface area contributed by atoms with Crippen LogP contribution in [-0.4, -0.2) is 31.7 Å². The van der Waals surface area contributed by atoms with E-state index in [4.69, 9.17) is 10.5 Å². The van der Waals surface area contributed by atoms with Gasteiger partial charge in [-0.2, -0.15) is 0 Å². The molecule has 0 aromatic carbocycles. The molecule has 0 aromatic rings. The summed E-state index contributed by atoms with van der Waals surface area (Å²) in [4.78, 5) is 12.4. The van der Waals surface area contributed by atoms with Gasteiger partial charge >= 0.3 is 0 Å². The van der Waals surface area contributed by atoms with Crippen LogP contribution in [0.4, 0.5) is 0 Å². The van der Waals surface area contributed by atoms with Crippen molar-refractivity contribution >= 4 is 5.91 Å². The lowest BCUT2D eigenvalue weighted by Crippen LogP contribution is -2.54. The Morgan fingerprint density at radius 2 is 1.80 bits per heavy atom. The van der Waals surface area contributed by atoms with E-state index >= 15 is 0 Å². The van der Waals surface area contributed by atoms with Gasteiger partial charge in [0.2, 0.25) is 5.91 Å². The van der Waals surface area contributed by atoms with Crippen molar-refractivity contribution in [3.8, 4) is 0 Å². The molecule has 4 nitrogen and oxygen atoms in total. The van der Waals surface area contributed by atoms with Gasteiger partial charge in [0.1, 0.15) is 0 Å². The lowest BCUT2D eigenvalue weighted by Gasteiger charge is -2.61. The summed E-state index contributed by atoms with van der Waals surface area (Å²) in [6.07, 6.45) is 17.9. The van der Waals surface area contributed by atoms with E-state index in [2.05, 4.69) is 33.0 Å². The molecule has 4 saturated carbocycles. The van der Waals surface area contributed by atoms with E-state index < -0.39 is 0 Å². The molecule has 4 heteroatoms. The molecule has 4 rings (SSSR count). The van der Waals surface area contributed by atoms with Gasteiger partial charge in [0, 0.05) is 19.6 Å². The Morgan fingerprint density at radius 3 is 2.57 bits per heavy atom. The molecule has 4 aliphatic carbocycles. The molecule has 0 spiro atoms. The zero-order chi connectivity index (χ0) is 25.1. The molecule has 4 aliphatic rings. The van der Waals surface area contributed by atoms with Crippen molar-refractivity contribution in [1.82, 2.24) is 5.32 Å². The molecule has 0 heterocycles. The Hall–Kier alpha value is -0.610. The van der Waals surface area contributed by atoms with Gasteiger partial charge in [0.15, 0.2) is 0 Å². The van der Waals surface area contributed by atoms with Crippen LogP contribution in [0, 0.1) is 46.3 Å². The summed E-state index contributed by atoms with van der Waals surface area (Å²) in [5.74, 6) is 5.33. The Morgan fingerprint density at radius 1 is 1.03 bits per heavy atom. The average molecular weight is 489 g/mol. The normalized spacial score (nSPS) is 41.5. The lowest BCUT2D eigenvalue weighted by molar-refractivity contribution is -0.137. The fourth-order valence-corrected chi connectivity index (χ4v) is 9.78. The molecular weight excluding hydrogens is 432 g/mol. The second-order valence-electron chi connectivity index (χ2n) is 13.5. The molecule has 4 fully saturated rings. The molecule has 35 heavy (non-hydrogen) atoms. The maximum absolute atomic E-state index is 12.4. The molecule has 3 N–H and O–H groups in total. The third kappa shape index (κ3) is 5.64. The van der Waals surface area contributed by atoms with Gasteiger partial charge < -0.3 is 15.8 Å². The number of rotatable bonds is 11. The number of unbranched alkanes of at least 4 members (excludes halogenated alkanes) is 1. The van der Waals surface area contributed by atoms with Gasteiger partial charge in [0.05, 0.1) is 6.10 Å². The average Bonchev–Trinajstić information content (AvgIpc) is 3.21. The van der Waals surface area contributed by atoms with Crippen LogP contribution < -0.4 is 11.1 Å². The highest BCUT2D eigenvalue weighted by molar-refractivity contribution is 5.75. The monoisotopic (exact) mass is 488 g/mol. The highest BCUT2D eigenvalue weighted by Gasteiger charge is 2.60. The summed E-state index contributed by atoms with van der Waals surface area (Å²) in [6.45, 7) is 12.4. The van der Waals surface area contributed by atoms with E-state index in [0.29, 0.717) is 35.8 Å². The van der Waals surface area contributed by atoms with Gasteiger partial charge in [-0.3, -0.25) is 4.79 Å². The Kier molecular flexibility index (Phi) is 9.28. The number of hydrogen-bond acceptors (Lipinski definition) is 3. The van der Waals surface area contributed by atoms with Crippen LogP contribution >= 0.6 is 0 Å². The minimum Gasteiger partial charge on any atom is -0.378 e. The van der Waals surface area contributed by atoms with Crippen LogP contribution in [0.3, 0.4) is 0 Å². The number of carbonyl (C=O) groups excluding carboxylic acids is 1. The number of nitrogens with two attached hydrogens (primary N) is 1. The van der Waals surface area contributed by atoms with Crippen LogP contribution in [0.5, 0.6) is 0 Å². The molecule has 0 aliphatic heterocycles. The van der Waals surface area contributed by atoms with E-state index in [1.807, 2.05) is 0 Å². The van der Waals surface area contributed by atoms with Gasteiger partial charge in [0.25, 0.3) is 0 Å². The molecule has 0 unspecified atom stereocenters. The fraction of sp³-hybridized carbons (Fsp3) is 0.968. The van der Waals surface area contributed by atoms with Crippen LogP contribution in [0.15, 0.2) is 0 Å². The van der Waals surface area contributed by atoms with Gasteiger partial charge in [-0.15, -0.1) is 0 Å². The Labute approximate surface area is 216 Å². The molecule has 0 aromatic heterocycles. The van der Waals surface area contributed by atoms with Gasteiger partial charge in [-0.1, -0.05) is 27.7 Å². The van der Waals surface area contributed by atoms with Gasteiger partial charge in [-0.25, -0.2) is 0 Å². The molecule has 9 atom stereocenters. The summed E-state index contributed by atoms with van der Waals surface area (Å²) < 4.78 is 6.23. The van der Waals surface area contributed by atoms with Crippen LogP contribution in [-0.2, 0) is 9.53 Å². The summed E-state index contributed by atoms with van der Waals surface area (Å²) in [5.41, 5.74) is 6.60. The number of fused-ring (bicyclic) bond motifs is 5. The smallest absolute Gasteiger partial charge is 0.220 e. The van der Waals surface area contributed by atoms with E-state index in [-0.39, 0.29) is 5.91 Å². The number of carbonyl (C=O) groups is 1. The molecule has 0 bridgehead atoms. The predicted octanol–water partition coefficient (Wildman–Crippen LogP) is 6.71. The first kappa shape index (κ1) is 27.4. The van der Waals surface area contributed by atoms with Crippen molar-refractivity contribution < 1.29 is 9.53 Å². The number of nitrogens with one attached hydrogen (secondary N) is 1. The summed E-state index contributed by atoms with van der Waals surface area (Å²) in [7, 11) is 0. The topological polar surface area (TPSA) is 64.3 Å². The second-order valence-corrected chi connectivity index (χ2v) is 13.5. The summed E-state index contributed by atoms with van der Waals surface area (Å²) >= 11 is 0. The van der Waals surface area contributed by atoms with Crippen LogP contribution in [0.2, 0.25) is 0 Å². The molecule has 202 valence electrons. The first-order valence-corrected chi connectivity index (χ1v) is 15.4. The van der Waals surface area contributed by atoms with Crippen molar-refractivity contribution in [1.29, 1.82) is 0 Å². The first-order chi connectivity index (χ1) is 16.8. The second kappa shape index (κ2) is 11.8. The van der Waals surface area contributed by atoms with E-state index in [1.165, 1.54) is 57.8 Å². The highest BCUT2D eigenvalue weighted by Crippen LogP contribution is 2.68. The largest absolute Gasteiger partial charge is 0.378 e. The minimum atomic E-state index is 0.238. The standard InChI is InChI=1S/C31H56N2O2/c1-5-20-35-24-14-16-30(3)23(21-24)9-10-25-27-12-11-26(31(27,4)17-15-28(25)30)22(2)8-13-29(34)33-19-7-6-18-32/h22-28H,5-21,32H2,1-4H3,(H,33,34)/t22-,23-,24-,25+,26-,27+,28+,30+,31-/m1/s1. The maximum Gasteiger partial charge on any atom is 0.220 e. The van der Waals surface area contributed by atoms with Crippen molar-refractivity contribution in [2.75, 3.05) is 19.7 Å². The van der Waals surface area contributed by atoms with E-state index in [9.17, 15) is 4.79 Å². The third-order valence-electron chi connectivity index (χ3n) is 11.7. The summed E-state index contributed by atoms with van der Waals surface area (Å²) in [5, 5.41) is 3.11. The maximum atomic E-state index is 12.4. The number of ether oxygens (including phenoxy) is 1. The number of hydrogen-bond donors (Lipinski definition) is 2. The number of amides is 1. The third-order valence-corrected chi connectivity index (χ3v) is 11.7. The zero-order valence-electron chi connectivity index (χ0n) is 23.5. The SMILES string of the molecule is CCCO[C@@H]1CC[C@@]2(C)[C@H](CC[C@@H]3[C@@H]2CC[C@]2(C)[C@@H]([C@H](C)CCC(=O)NCCCCN)CC[C@@H]32)C1. The molecular formula is C31H56N2O2. The fourth-order valence-electron chi connectivity index (χ4n) is 9.78. The Balaban J connectivity index is 1.33. The zero-order valence-corrected chi connectivity index (χ0v) is 23.5. The van der Waals surface area contributed by atoms with Crippen LogP contribution in [0.25, 0.3) is 0 Å². The van der Waals surface area contributed by atoms with Gasteiger partial charge in [-0.05, 0) is 136 Å². The minimum absolute atomic E-state index is 0.238. The van der Waals surface area contributed by atoms with Crippen molar-refractivity contribution in [2.24, 2.45) is 52.1 Å². The van der Waals surface area contributed by atoms with Crippen LogP contribution in [0.1, 0.15) is 118 Å². The van der Waals surface area contributed by atoms with Crippen molar-refractivity contribution in [3.63, 3.8) is 0 Å². The summed E-state index contributed by atoms with van der Waals surface area (Å²) in [6, 6.07) is 0. The first-order valence-electron chi connectivity index (χ1n) is 15.4.